The molecule has 3 aromatic rings. The topological polar surface area (TPSA) is 67.2 Å². The Balaban J connectivity index is 1.39. The number of amides is 1. The Kier molecular flexibility index (Phi) is 8.27. The summed E-state index contributed by atoms with van der Waals surface area (Å²) in [6, 6.07) is 18.4. The number of carbonyl (C=O) groups excluding carboxylic acids is 1. The van der Waals surface area contributed by atoms with Crippen molar-refractivity contribution in [3.05, 3.63) is 71.3 Å². The number of hydrazone groups is 1. The van der Waals surface area contributed by atoms with Crippen LogP contribution in [0.5, 0.6) is 0 Å². The minimum Gasteiger partial charge on any atom is -0.272 e. The zero-order chi connectivity index (χ0) is 20.5. The zero-order valence-corrected chi connectivity index (χ0v) is 18.7. The maximum absolute atomic E-state index is 12.0. The molecule has 0 spiro atoms. The van der Waals surface area contributed by atoms with E-state index in [2.05, 4.69) is 58.8 Å². The van der Waals surface area contributed by atoms with Crippen molar-refractivity contribution in [3.8, 4) is 0 Å². The van der Waals surface area contributed by atoms with Crippen LogP contribution in [0.4, 0.5) is 0 Å². The van der Waals surface area contributed by atoms with Gasteiger partial charge in [0.2, 0.25) is 0 Å². The molecule has 0 saturated carbocycles. The number of thioether (sulfide) groups is 2. The number of nitrogens with one attached hydrogen (secondary N) is 1. The lowest BCUT2D eigenvalue weighted by atomic mass is 10.0. The predicted octanol–water partition coefficient (Wildman–Crippen LogP) is 5.20. The van der Waals surface area contributed by atoms with Crippen molar-refractivity contribution >= 4 is 47.0 Å². The smallest absolute Gasteiger partial charge is 0.250 e. The van der Waals surface area contributed by atoms with Gasteiger partial charge in [-0.25, -0.2) is 5.43 Å². The summed E-state index contributed by atoms with van der Waals surface area (Å²) in [6.07, 6.45) is 1.65. The van der Waals surface area contributed by atoms with Crippen LogP contribution in [0.1, 0.15) is 36.5 Å². The van der Waals surface area contributed by atoms with E-state index in [1.165, 1.54) is 34.2 Å². The molecular formula is C21H22N4OS3. The van der Waals surface area contributed by atoms with Crippen LogP contribution in [-0.4, -0.2) is 28.1 Å². The summed E-state index contributed by atoms with van der Waals surface area (Å²) >= 11 is 4.52. The Morgan fingerprint density at radius 3 is 2.45 bits per heavy atom. The highest BCUT2D eigenvalue weighted by Crippen LogP contribution is 2.30. The molecule has 0 unspecified atom stereocenters. The maximum Gasteiger partial charge on any atom is 0.250 e. The number of carbonyl (C=O) groups is 1. The van der Waals surface area contributed by atoms with Gasteiger partial charge < -0.3 is 0 Å². The number of aromatic nitrogens is 2. The van der Waals surface area contributed by atoms with Gasteiger partial charge in [0.1, 0.15) is 0 Å². The van der Waals surface area contributed by atoms with Crippen LogP contribution in [0.2, 0.25) is 0 Å². The van der Waals surface area contributed by atoms with Gasteiger partial charge in [-0.05, 0) is 22.6 Å². The van der Waals surface area contributed by atoms with Gasteiger partial charge in [0.15, 0.2) is 8.68 Å². The normalized spacial score (nSPS) is 11.3. The Labute approximate surface area is 183 Å². The lowest BCUT2D eigenvalue weighted by Gasteiger charge is -2.04. The fourth-order valence-corrected chi connectivity index (χ4v) is 5.11. The average molecular weight is 443 g/mol. The average Bonchev–Trinajstić information content (AvgIpc) is 3.20. The van der Waals surface area contributed by atoms with E-state index in [1.807, 2.05) is 30.3 Å². The summed E-state index contributed by atoms with van der Waals surface area (Å²) in [6.45, 7) is 4.31. The van der Waals surface area contributed by atoms with E-state index in [4.69, 9.17) is 0 Å². The molecule has 0 aliphatic carbocycles. The van der Waals surface area contributed by atoms with Gasteiger partial charge in [0.05, 0.1) is 12.0 Å². The molecular weight excluding hydrogens is 420 g/mol. The molecule has 1 amide bonds. The van der Waals surface area contributed by atoms with Gasteiger partial charge in [-0.1, -0.05) is 103 Å². The molecule has 150 valence electrons. The SMILES string of the molecule is CC(C)c1ccc(C=NNC(=O)CSc2nnc(SCc3ccccc3)s2)cc1. The summed E-state index contributed by atoms with van der Waals surface area (Å²) in [7, 11) is 0. The molecule has 8 heteroatoms. The standard InChI is InChI=1S/C21H22N4OS3/c1-15(2)18-10-8-16(9-11-18)12-22-23-19(26)14-28-21-25-24-20(29-21)27-13-17-6-4-3-5-7-17/h3-12,15H,13-14H2,1-2H3,(H,23,26). The second-order valence-corrected chi connectivity index (χ2v) is 9.93. The summed E-state index contributed by atoms with van der Waals surface area (Å²) in [4.78, 5) is 12.0. The van der Waals surface area contributed by atoms with Crippen LogP contribution in [0.3, 0.4) is 0 Å². The fourth-order valence-electron chi connectivity index (χ4n) is 2.34. The van der Waals surface area contributed by atoms with Crippen LogP contribution < -0.4 is 5.43 Å². The first kappa shape index (κ1) is 21.5. The number of hydrogen-bond acceptors (Lipinski definition) is 7. The predicted molar refractivity (Wildman–Crippen MR) is 123 cm³/mol. The third-order valence-electron chi connectivity index (χ3n) is 3.93. The maximum atomic E-state index is 12.0. The van der Waals surface area contributed by atoms with Gasteiger partial charge >= 0.3 is 0 Å². The van der Waals surface area contributed by atoms with Crippen molar-refractivity contribution in [1.29, 1.82) is 0 Å². The van der Waals surface area contributed by atoms with Gasteiger partial charge in [-0.15, -0.1) is 10.2 Å². The largest absolute Gasteiger partial charge is 0.272 e. The Bertz CT molecular complexity index is 940. The second-order valence-electron chi connectivity index (χ2n) is 6.51. The van der Waals surface area contributed by atoms with Crippen molar-refractivity contribution < 1.29 is 4.79 Å². The fraction of sp³-hybridized carbons (Fsp3) is 0.238. The van der Waals surface area contributed by atoms with Crippen LogP contribution >= 0.6 is 34.9 Å². The Hall–Kier alpha value is -2.16. The molecule has 0 atom stereocenters. The van der Waals surface area contributed by atoms with E-state index < -0.39 is 0 Å². The molecule has 29 heavy (non-hydrogen) atoms. The van der Waals surface area contributed by atoms with Crippen molar-refractivity contribution in [1.82, 2.24) is 15.6 Å². The molecule has 0 radical (unpaired) electrons. The second kappa shape index (κ2) is 11.1. The molecule has 0 fully saturated rings. The van der Waals surface area contributed by atoms with Crippen LogP contribution in [-0.2, 0) is 10.5 Å². The molecule has 0 saturated heterocycles. The van der Waals surface area contributed by atoms with E-state index >= 15 is 0 Å². The summed E-state index contributed by atoms with van der Waals surface area (Å²) < 4.78 is 1.68. The number of hydrogen-bond donors (Lipinski definition) is 1. The number of benzene rings is 2. The molecule has 1 N–H and O–H groups in total. The van der Waals surface area contributed by atoms with Crippen molar-refractivity contribution in [2.75, 3.05) is 5.75 Å². The summed E-state index contributed by atoms with van der Waals surface area (Å²) in [5, 5.41) is 12.3. The minimum atomic E-state index is -0.168. The van der Waals surface area contributed by atoms with E-state index in [0.29, 0.717) is 5.92 Å². The first-order valence-electron chi connectivity index (χ1n) is 9.15. The molecule has 3 rings (SSSR count). The van der Waals surface area contributed by atoms with Crippen LogP contribution in [0.15, 0.2) is 68.4 Å². The third-order valence-corrected chi connectivity index (χ3v) is 7.19. The molecule has 1 heterocycles. The van der Waals surface area contributed by atoms with E-state index in [0.717, 1.165) is 20.0 Å². The van der Waals surface area contributed by atoms with Gasteiger partial charge in [0.25, 0.3) is 5.91 Å². The highest BCUT2D eigenvalue weighted by molar-refractivity contribution is 8.03. The molecule has 1 aromatic heterocycles. The van der Waals surface area contributed by atoms with Gasteiger partial charge in [0, 0.05) is 5.75 Å². The summed E-state index contributed by atoms with van der Waals surface area (Å²) in [5.74, 6) is 1.43. The van der Waals surface area contributed by atoms with Crippen molar-refractivity contribution in [2.45, 2.75) is 34.2 Å². The molecule has 0 bridgehead atoms. The molecule has 2 aromatic carbocycles. The Morgan fingerprint density at radius 2 is 1.76 bits per heavy atom. The van der Waals surface area contributed by atoms with Gasteiger partial charge in [-0.2, -0.15) is 5.10 Å². The third kappa shape index (κ3) is 7.30. The summed E-state index contributed by atoms with van der Waals surface area (Å²) in [5.41, 5.74) is 6.03. The molecule has 0 aliphatic heterocycles. The van der Waals surface area contributed by atoms with Gasteiger partial charge in [-0.3, -0.25) is 4.79 Å². The molecule has 5 nitrogen and oxygen atoms in total. The van der Waals surface area contributed by atoms with Crippen LogP contribution in [0, 0.1) is 0 Å². The highest BCUT2D eigenvalue weighted by Gasteiger charge is 2.08. The van der Waals surface area contributed by atoms with E-state index in [1.54, 1.807) is 18.0 Å². The quantitative estimate of drug-likeness (QED) is 0.280. The van der Waals surface area contributed by atoms with Crippen molar-refractivity contribution in [2.24, 2.45) is 5.10 Å². The first-order chi connectivity index (χ1) is 14.1. The lowest BCUT2D eigenvalue weighted by Crippen LogP contribution is -2.19. The Morgan fingerprint density at radius 1 is 1.07 bits per heavy atom. The lowest BCUT2D eigenvalue weighted by molar-refractivity contribution is -0.118. The van der Waals surface area contributed by atoms with E-state index in [9.17, 15) is 4.79 Å². The van der Waals surface area contributed by atoms with E-state index in [-0.39, 0.29) is 11.7 Å². The van der Waals surface area contributed by atoms with Crippen LogP contribution in [0.25, 0.3) is 0 Å². The number of nitrogens with zero attached hydrogens (tertiary/aromatic N) is 3. The first-order valence-corrected chi connectivity index (χ1v) is 11.9. The molecule has 0 aliphatic rings. The zero-order valence-electron chi connectivity index (χ0n) is 16.2. The highest BCUT2D eigenvalue weighted by atomic mass is 32.2. The minimum absolute atomic E-state index is 0.168. The number of rotatable bonds is 9. The monoisotopic (exact) mass is 442 g/mol. The van der Waals surface area contributed by atoms with Crippen molar-refractivity contribution in [3.63, 3.8) is 0 Å².